The van der Waals surface area contributed by atoms with Gasteiger partial charge in [0, 0.05) is 25.7 Å². The number of aromatic amines is 1. The average Bonchev–Trinajstić information content (AvgIpc) is 2.76. The van der Waals surface area contributed by atoms with Crippen molar-refractivity contribution in [3.63, 3.8) is 0 Å². The molecule has 2 heterocycles. The smallest absolute Gasteiger partial charge is 0.348 e. The van der Waals surface area contributed by atoms with Gasteiger partial charge in [0.2, 0.25) is 0 Å². The van der Waals surface area contributed by atoms with E-state index in [0.717, 1.165) is 18.8 Å². The maximum atomic E-state index is 11.3. The average molecular weight is 264 g/mol. The Labute approximate surface area is 111 Å². The van der Waals surface area contributed by atoms with E-state index >= 15 is 0 Å². The van der Waals surface area contributed by atoms with E-state index in [1.807, 2.05) is 11.9 Å². The van der Waals surface area contributed by atoms with Crippen LogP contribution in [0.2, 0.25) is 0 Å². The first kappa shape index (κ1) is 13.5. The van der Waals surface area contributed by atoms with Crippen LogP contribution in [0.25, 0.3) is 5.65 Å². The lowest BCUT2D eigenvalue weighted by Crippen LogP contribution is -2.32. The Hall–Kier alpha value is -1.89. The lowest BCUT2D eigenvalue weighted by molar-refractivity contribution is 0.465. The number of hydrogen-bond acceptors (Lipinski definition) is 5. The van der Waals surface area contributed by atoms with Crippen LogP contribution in [-0.2, 0) is 0 Å². The minimum absolute atomic E-state index is 0.180. The fraction of sp³-hybridized carbons (Fsp3) is 0.583. The van der Waals surface area contributed by atoms with Crippen LogP contribution in [0.3, 0.4) is 0 Å². The number of nitrogens with zero attached hydrogens (tertiary/aromatic N) is 4. The monoisotopic (exact) mass is 264 g/mol. The zero-order valence-electron chi connectivity index (χ0n) is 11.5. The molecule has 0 saturated carbocycles. The molecule has 0 fully saturated rings. The zero-order valence-corrected chi connectivity index (χ0v) is 11.5. The Morgan fingerprint density at radius 1 is 1.53 bits per heavy atom. The van der Waals surface area contributed by atoms with Crippen LogP contribution in [0.4, 0.5) is 5.82 Å². The normalized spacial score (nSPS) is 13.1. The van der Waals surface area contributed by atoms with Crippen molar-refractivity contribution in [2.24, 2.45) is 11.7 Å². The van der Waals surface area contributed by atoms with E-state index in [9.17, 15) is 4.79 Å². The molecule has 19 heavy (non-hydrogen) atoms. The van der Waals surface area contributed by atoms with E-state index in [-0.39, 0.29) is 11.7 Å². The molecule has 0 aliphatic carbocycles. The van der Waals surface area contributed by atoms with Crippen molar-refractivity contribution < 1.29 is 0 Å². The maximum absolute atomic E-state index is 11.3. The molecule has 0 aromatic carbocycles. The molecule has 0 aliphatic heterocycles. The van der Waals surface area contributed by atoms with E-state index < -0.39 is 0 Å². The van der Waals surface area contributed by atoms with Crippen molar-refractivity contribution in [2.75, 3.05) is 18.5 Å². The van der Waals surface area contributed by atoms with Gasteiger partial charge in [-0.1, -0.05) is 13.8 Å². The predicted octanol–water partition coefficient (Wildman–Crippen LogP) is 0.227. The Morgan fingerprint density at radius 3 is 2.95 bits per heavy atom. The molecule has 3 N–H and O–H groups in total. The van der Waals surface area contributed by atoms with Gasteiger partial charge >= 0.3 is 5.69 Å². The fourth-order valence-corrected chi connectivity index (χ4v) is 1.80. The molecule has 2 aromatic heterocycles. The number of rotatable bonds is 5. The SMILES string of the molecule is CC(C)C(N)CCN(C)c1cc2n[nH]c(=O)n2cn1. The highest BCUT2D eigenvalue weighted by Crippen LogP contribution is 2.11. The summed E-state index contributed by atoms with van der Waals surface area (Å²) in [6.07, 6.45) is 2.38. The van der Waals surface area contributed by atoms with E-state index in [0.29, 0.717) is 11.6 Å². The number of aromatic nitrogens is 4. The second-order valence-electron chi connectivity index (χ2n) is 5.12. The minimum Gasteiger partial charge on any atom is -0.359 e. The summed E-state index contributed by atoms with van der Waals surface area (Å²) >= 11 is 0. The summed E-state index contributed by atoms with van der Waals surface area (Å²) in [7, 11) is 1.96. The van der Waals surface area contributed by atoms with Crippen molar-refractivity contribution in [1.82, 2.24) is 19.6 Å². The molecule has 1 unspecified atom stereocenters. The molecule has 7 heteroatoms. The first-order valence-electron chi connectivity index (χ1n) is 6.38. The topological polar surface area (TPSA) is 92.3 Å². The first-order chi connectivity index (χ1) is 8.99. The van der Waals surface area contributed by atoms with Crippen LogP contribution in [0, 0.1) is 5.92 Å². The van der Waals surface area contributed by atoms with Crippen LogP contribution in [-0.4, -0.2) is 39.2 Å². The number of nitrogens with one attached hydrogen (secondary N) is 1. The molecule has 0 saturated heterocycles. The molecule has 0 bridgehead atoms. The number of H-pyrrole nitrogens is 1. The number of hydrogen-bond donors (Lipinski definition) is 2. The van der Waals surface area contributed by atoms with Gasteiger partial charge in [0.05, 0.1) is 0 Å². The van der Waals surface area contributed by atoms with Crippen LogP contribution in [0.1, 0.15) is 20.3 Å². The van der Waals surface area contributed by atoms with Gasteiger partial charge in [-0.15, -0.1) is 0 Å². The van der Waals surface area contributed by atoms with Gasteiger partial charge in [-0.3, -0.25) is 0 Å². The Balaban J connectivity index is 2.08. The zero-order chi connectivity index (χ0) is 14.0. The van der Waals surface area contributed by atoms with Crippen molar-refractivity contribution in [2.45, 2.75) is 26.3 Å². The molecule has 1 atom stereocenters. The largest absolute Gasteiger partial charge is 0.359 e. The second-order valence-corrected chi connectivity index (χ2v) is 5.12. The Morgan fingerprint density at radius 2 is 2.26 bits per heavy atom. The van der Waals surface area contributed by atoms with Gasteiger partial charge in [-0.05, 0) is 12.3 Å². The summed E-state index contributed by atoms with van der Waals surface area (Å²) in [6.45, 7) is 5.05. The lowest BCUT2D eigenvalue weighted by Gasteiger charge is -2.22. The molecular weight excluding hydrogens is 244 g/mol. The molecule has 0 radical (unpaired) electrons. The summed E-state index contributed by atoms with van der Waals surface area (Å²) in [5.74, 6) is 1.25. The molecule has 0 amide bonds. The van der Waals surface area contributed by atoms with Gasteiger partial charge < -0.3 is 10.6 Å². The van der Waals surface area contributed by atoms with Crippen LogP contribution in [0.15, 0.2) is 17.2 Å². The van der Waals surface area contributed by atoms with E-state index in [4.69, 9.17) is 5.73 Å². The van der Waals surface area contributed by atoms with Crippen molar-refractivity contribution in [1.29, 1.82) is 0 Å². The van der Waals surface area contributed by atoms with Gasteiger partial charge in [-0.25, -0.2) is 19.3 Å². The summed E-state index contributed by atoms with van der Waals surface area (Å²) in [4.78, 5) is 17.6. The highest BCUT2D eigenvalue weighted by atomic mass is 16.1. The van der Waals surface area contributed by atoms with Gasteiger partial charge in [0.25, 0.3) is 0 Å². The number of nitrogens with two attached hydrogens (primary N) is 1. The molecule has 0 spiro atoms. The maximum Gasteiger partial charge on any atom is 0.348 e. The molecule has 7 nitrogen and oxygen atoms in total. The van der Waals surface area contributed by atoms with Gasteiger partial charge in [-0.2, -0.15) is 5.10 Å². The summed E-state index contributed by atoms with van der Waals surface area (Å²) < 4.78 is 1.37. The summed E-state index contributed by atoms with van der Waals surface area (Å²) in [5.41, 5.74) is 6.31. The lowest BCUT2D eigenvalue weighted by atomic mass is 10.0. The molecule has 0 aliphatic rings. The minimum atomic E-state index is -0.279. The number of anilines is 1. The van der Waals surface area contributed by atoms with Crippen molar-refractivity contribution in [3.05, 3.63) is 22.9 Å². The van der Waals surface area contributed by atoms with Gasteiger partial charge in [0.15, 0.2) is 5.65 Å². The van der Waals surface area contributed by atoms with Crippen LogP contribution < -0.4 is 16.3 Å². The quantitative estimate of drug-likeness (QED) is 0.806. The van der Waals surface area contributed by atoms with E-state index in [1.165, 1.54) is 10.7 Å². The highest BCUT2D eigenvalue weighted by Gasteiger charge is 2.11. The van der Waals surface area contributed by atoms with Crippen LogP contribution in [0.5, 0.6) is 0 Å². The third-order valence-corrected chi connectivity index (χ3v) is 3.34. The van der Waals surface area contributed by atoms with E-state index in [1.54, 1.807) is 6.07 Å². The second kappa shape index (κ2) is 5.40. The van der Waals surface area contributed by atoms with Crippen LogP contribution >= 0.6 is 0 Å². The van der Waals surface area contributed by atoms with Gasteiger partial charge in [0.1, 0.15) is 12.1 Å². The van der Waals surface area contributed by atoms with E-state index in [2.05, 4.69) is 29.0 Å². The molecule has 2 aromatic rings. The molecule has 104 valence electrons. The van der Waals surface area contributed by atoms with Crippen molar-refractivity contribution >= 4 is 11.5 Å². The fourth-order valence-electron chi connectivity index (χ4n) is 1.80. The first-order valence-corrected chi connectivity index (χ1v) is 6.38. The molecular formula is C12H20N6O. The van der Waals surface area contributed by atoms with Crippen molar-refractivity contribution in [3.8, 4) is 0 Å². The summed E-state index contributed by atoms with van der Waals surface area (Å²) in [6, 6.07) is 1.96. The third kappa shape index (κ3) is 2.93. The highest BCUT2D eigenvalue weighted by molar-refractivity contribution is 5.49. The Kier molecular flexibility index (Phi) is 3.84. The Bertz CT molecular complexity index is 602. The number of fused-ring (bicyclic) bond motifs is 1. The third-order valence-electron chi connectivity index (χ3n) is 3.34. The predicted molar refractivity (Wildman–Crippen MR) is 74.3 cm³/mol. The standard InChI is InChI=1S/C12H20N6O/c1-8(2)9(13)4-5-17(3)10-6-11-15-16-12(19)18(11)7-14-10/h6-9H,4-5,13H2,1-3H3,(H,16,19). The summed E-state index contributed by atoms with van der Waals surface area (Å²) in [5, 5.41) is 6.31. The molecule has 2 rings (SSSR count).